The van der Waals surface area contributed by atoms with Crippen LogP contribution in [0.2, 0.25) is 0 Å². The molecule has 0 aromatic heterocycles. The van der Waals surface area contributed by atoms with Gasteiger partial charge in [-0.15, -0.1) is 0 Å². The minimum Gasteiger partial charge on any atom is -0.349 e. The van der Waals surface area contributed by atoms with Crippen molar-refractivity contribution in [1.29, 1.82) is 0 Å². The molecular weight excluding hydrogens is 414 g/mol. The average Bonchev–Trinajstić information content (AvgIpc) is 3.07. The molecule has 3 aliphatic rings. The van der Waals surface area contributed by atoms with Crippen molar-refractivity contribution in [3.8, 4) is 0 Å². The van der Waals surface area contributed by atoms with Gasteiger partial charge in [-0.25, -0.2) is 0 Å². The SMILES string of the molecule is CC(C)CN1C(=O)C(=C(C(=O)NC2CCCCC2)C(=O)NC2CCCCC2)c2ccccc21. The Balaban J connectivity index is 1.72. The molecule has 1 aliphatic heterocycles. The number of anilines is 1. The number of rotatable bonds is 6. The van der Waals surface area contributed by atoms with Crippen molar-refractivity contribution in [2.75, 3.05) is 11.4 Å². The monoisotopic (exact) mass is 451 g/mol. The lowest BCUT2D eigenvalue weighted by Gasteiger charge is -2.26. The van der Waals surface area contributed by atoms with Gasteiger partial charge in [-0.2, -0.15) is 0 Å². The van der Waals surface area contributed by atoms with Gasteiger partial charge in [-0.3, -0.25) is 14.4 Å². The largest absolute Gasteiger partial charge is 0.349 e. The first-order valence-electron chi connectivity index (χ1n) is 12.7. The molecule has 2 saturated carbocycles. The topological polar surface area (TPSA) is 78.5 Å². The highest BCUT2D eigenvalue weighted by molar-refractivity contribution is 6.41. The van der Waals surface area contributed by atoms with Crippen LogP contribution in [-0.4, -0.2) is 36.3 Å². The third-order valence-electron chi connectivity index (χ3n) is 7.06. The van der Waals surface area contributed by atoms with Crippen molar-refractivity contribution >= 4 is 29.0 Å². The number of nitrogens with zero attached hydrogens (tertiary/aromatic N) is 1. The molecule has 6 nitrogen and oxygen atoms in total. The normalized spacial score (nSPS) is 19.5. The zero-order chi connectivity index (χ0) is 23.4. The highest BCUT2D eigenvalue weighted by atomic mass is 16.2. The van der Waals surface area contributed by atoms with E-state index >= 15 is 0 Å². The number of nitrogens with one attached hydrogen (secondary N) is 2. The van der Waals surface area contributed by atoms with Crippen LogP contribution in [0.3, 0.4) is 0 Å². The summed E-state index contributed by atoms with van der Waals surface area (Å²) in [6, 6.07) is 7.63. The fourth-order valence-electron chi connectivity index (χ4n) is 5.41. The van der Waals surface area contributed by atoms with E-state index in [1.165, 1.54) is 12.8 Å². The van der Waals surface area contributed by atoms with Crippen LogP contribution in [0.15, 0.2) is 29.8 Å². The second-order valence-electron chi connectivity index (χ2n) is 10.2. The number of carbonyl (C=O) groups is 3. The summed E-state index contributed by atoms with van der Waals surface area (Å²) in [5, 5.41) is 6.19. The van der Waals surface area contributed by atoms with E-state index < -0.39 is 11.8 Å². The molecular formula is C27H37N3O3. The molecule has 2 N–H and O–H groups in total. The molecule has 33 heavy (non-hydrogen) atoms. The minimum atomic E-state index is -0.417. The highest BCUT2D eigenvalue weighted by Gasteiger charge is 2.39. The smallest absolute Gasteiger partial charge is 0.260 e. The van der Waals surface area contributed by atoms with Crippen LogP contribution in [0.4, 0.5) is 5.69 Å². The van der Waals surface area contributed by atoms with Gasteiger partial charge >= 0.3 is 0 Å². The Kier molecular flexibility index (Phi) is 7.51. The zero-order valence-corrected chi connectivity index (χ0v) is 20.0. The second kappa shape index (κ2) is 10.5. The van der Waals surface area contributed by atoms with Gasteiger partial charge in [0, 0.05) is 24.2 Å². The average molecular weight is 452 g/mol. The Labute approximate surface area is 197 Å². The fraction of sp³-hybridized carbons (Fsp3) is 0.593. The molecule has 0 radical (unpaired) electrons. The van der Waals surface area contributed by atoms with E-state index in [2.05, 4.69) is 24.5 Å². The van der Waals surface area contributed by atoms with E-state index in [4.69, 9.17) is 0 Å². The summed E-state index contributed by atoms with van der Waals surface area (Å²) < 4.78 is 0. The molecule has 4 rings (SSSR count). The van der Waals surface area contributed by atoms with Gasteiger partial charge in [-0.1, -0.05) is 70.6 Å². The van der Waals surface area contributed by atoms with Crippen LogP contribution in [0.5, 0.6) is 0 Å². The van der Waals surface area contributed by atoms with Crippen molar-refractivity contribution in [1.82, 2.24) is 10.6 Å². The van der Waals surface area contributed by atoms with E-state index in [0.29, 0.717) is 12.1 Å². The van der Waals surface area contributed by atoms with Crippen molar-refractivity contribution in [3.63, 3.8) is 0 Å². The molecule has 2 aliphatic carbocycles. The fourth-order valence-corrected chi connectivity index (χ4v) is 5.41. The molecule has 0 saturated heterocycles. The van der Waals surface area contributed by atoms with Gasteiger partial charge in [-0.05, 0) is 37.7 Å². The van der Waals surface area contributed by atoms with Crippen LogP contribution < -0.4 is 15.5 Å². The number of fused-ring (bicyclic) bond motifs is 1. The van der Waals surface area contributed by atoms with Gasteiger partial charge in [0.1, 0.15) is 5.57 Å². The first-order valence-corrected chi connectivity index (χ1v) is 12.7. The third kappa shape index (κ3) is 5.31. The van der Waals surface area contributed by atoms with Gasteiger partial charge in [0.25, 0.3) is 17.7 Å². The van der Waals surface area contributed by atoms with Gasteiger partial charge in [0.05, 0.1) is 11.3 Å². The molecule has 1 aromatic carbocycles. The quantitative estimate of drug-likeness (QED) is 0.384. The van der Waals surface area contributed by atoms with Crippen LogP contribution in [0.1, 0.15) is 83.6 Å². The number of hydrogen-bond donors (Lipinski definition) is 2. The maximum absolute atomic E-state index is 13.6. The van der Waals surface area contributed by atoms with Gasteiger partial charge in [0.15, 0.2) is 0 Å². The second-order valence-corrected chi connectivity index (χ2v) is 10.2. The Morgan fingerprint density at radius 1 is 0.879 bits per heavy atom. The number of para-hydroxylation sites is 1. The molecule has 0 unspecified atom stereocenters. The summed E-state index contributed by atoms with van der Waals surface area (Å²) in [6.45, 7) is 4.66. The highest BCUT2D eigenvalue weighted by Crippen LogP contribution is 2.39. The maximum Gasteiger partial charge on any atom is 0.260 e. The van der Waals surface area contributed by atoms with Crippen LogP contribution in [0, 0.1) is 5.92 Å². The molecule has 6 heteroatoms. The lowest BCUT2D eigenvalue weighted by molar-refractivity contribution is -0.125. The predicted molar refractivity (Wildman–Crippen MR) is 131 cm³/mol. The predicted octanol–water partition coefficient (Wildman–Crippen LogP) is 4.34. The lowest BCUT2D eigenvalue weighted by atomic mass is 9.93. The molecule has 0 bridgehead atoms. The first-order chi connectivity index (χ1) is 16.0. The Morgan fingerprint density at radius 2 is 1.39 bits per heavy atom. The van der Waals surface area contributed by atoms with E-state index in [0.717, 1.165) is 57.1 Å². The van der Waals surface area contributed by atoms with Crippen LogP contribution in [0.25, 0.3) is 5.57 Å². The molecule has 0 spiro atoms. The van der Waals surface area contributed by atoms with Crippen molar-refractivity contribution in [2.24, 2.45) is 5.92 Å². The molecule has 178 valence electrons. The zero-order valence-electron chi connectivity index (χ0n) is 20.0. The van der Waals surface area contributed by atoms with Crippen molar-refractivity contribution < 1.29 is 14.4 Å². The third-order valence-corrected chi connectivity index (χ3v) is 7.06. The maximum atomic E-state index is 13.6. The minimum absolute atomic E-state index is 0.0187. The lowest BCUT2D eigenvalue weighted by Crippen LogP contribution is -2.44. The Morgan fingerprint density at radius 3 is 1.91 bits per heavy atom. The summed E-state index contributed by atoms with van der Waals surface area (Å²) >= 11 is 0. The number of amides is 3. The number of benzene rings is 1. The van der Waals surface area contributed by atoms with E-state index in [9.17, 15) is 14.4 Å². The molecule has 1 heterocycles. The van der Waals surface area contributed by atoms with Crippen molar-refractivity contribution in [3.05, 3.63) is 35.4 Å². The first kappa shape index (κ1) is 23.5. The van der Waals surface area contributed by atoms with Crippen molar-refractivity contribution in [2.45, 2.75) is 90.1 Å². The Bertz CT molecular complexity index is 890. The standard InChI is InChI=1S/C27H37N3O3/c1-18(2)17-30-22-16-10-9-15-21(22)23(27(30)33)24(25(31)28-19-11-5-3-6-12-19)26(32)29-20-13-7-4-8-14-20/h9-10,15-16,18-20H,3-8,11-14,17H2,1-2H3,(H,28,31)(H,29,32). The van der Waals surface area contributed by atoms with Crippen LogP contribution >= 0.6 is 0 Å². The van der Waals surface area contributed by atoms with Crippen LogP contribution in [-0.2, 0) is 14.4 Å². The molecule has 2 fully saturated rings. The summed E-state index contributed by atoms with van der Waals surface area (Å²) in [6.07, 6.45) is 10.3. The van der Waals surface area contributed by atoms with Gasteiger partial charge in [0.2, 0.25) is 0 Å². The summed E-state index contributed by atoms with van der Waals surface area (Å²) in [5.41, 5.74) is 1.68. The summed E-state index contributed by atoms with van der Waals surface area (Å²) in [5.74, 6) is -0.825. The van der Waals surface area contributed by atoms with E-state index in [-0.39, 0.29) is 35.1 Å². The summed E-state index contributed by atoms with van der Waals surface area (Å²) in [7, 11) is 0. The van der Waals surface area contributed by atoms with E-state index in [1.807, 2.05) is 24.3 Å². The molecule has 3 amide bonds. The molecule has 0 atom stereocenters. The Hall–Kier alpha value is -2.63. The molecule has 1 aromatic rings. The van der Waals surface area contributed by atoms with E-state index in [1.54, 1.807) is 4.90 Å². The number of carbonyl (C=O) groups excluding carboxylic acids is 3. The number of hydrogen-bond acceptors (Lipinski definition) is 3. The summed E-state index contributed by atoms with van der Waals surface area (Å²) in [4.78, 5) is 42.5. The van der Waals surface area contributed by atoms with Gasteiger partial charge < -0.3 is 15.5 Å².